The van der Waals surface area contributed by atoms with Gasteiger partial charge >= 0.3 is 0 Å². The average Bonchev–Trinajstić information content (AvgIpc) is 2.88. The van der Waals surface area contributed by atoms with Crippen LogP contribution in [0.5, 0.6) is 0 Å². The molecule has 2 aromatic carbocycles. The molecule has 1 saturated heterocycles. The van der Waals surface area contributed by atoms with E-state index in [0.29, 0.717) is 18.5 Å². The van der Waals surface area contributed by atoms with Gasteiger partial charge in [-0.2, -0.15) is 0 Å². The van der Waals surface area contributed by atoms with E-state index in [4.69, 9.17) is 0 Å². The van der Waals surface area contributed by atoms with Gasteiger partial charge in [0.25, 0.3) is 0 Å². The first-order chi connectivity index (χ1) is 11.7. The van der Waals surface area contributed by atoms with E-state index in [2.05, 4.69) is 12.1 Å². The molecule has 3 heteroatoms. The number of imide groups is 1. The van der Waals surface area contributed by atoms with Crippen LogP contribution in [-0.4, -0.2) is 11.8 Å². The molecule has 120 valence electrons. The zero-order valence-corrected chi connectivity index (χ0v) is 13.4. The maximum atomic E-state index is 12.6. The van der Waals surface area contributed by atoms with Crippen LogP contribution in [0.15, 0.2) is 66.7 Å². The SMILES string of the molecule is O=C1C2CC=CCC2C(=O)N1c1ccc(Cc2ccccc2)cc1. The lowest BCUT2D eigenvalue weighted by molar-refractivity contribution is -0.122. The quantitative estimate of drug-likeness (QED) is 0.639. The summed E-state index contributed by atoms with van der Waals surface area (Å²) in [5, 5.41) is 0. The van der Waals surface area contributed by atoms with E-state index < -0.39 is 0 Å². The highest BCUT2D eigenvalue weighted by Crippen LogP contribution is 2.37. The lowest BCUT2D eigenvalue weighted by Crippen LogP contribution is -2.30. The van der Waals surface area contributed by atoms with Crippen LogP contribution in [0.1, 0.15) is 24.0 Å². The van der Waals surface area contributed by atoms with Crippen molar-refractivity contribution in [3.63, 3.8) is 0 Å². The van der Waals surface area contributed by atoms with Gasteiger partial charge in [0.15, 0.2) is 0 Å². The zero-order chi connectivity index (χ0) is 16.5. The number of amides is 2. The van der Waals surface area contributed by atoms with Gasteiger partial charge in [0.05, 0.1) is 17.5 Å². The Labute approximate surface area is 141 Å². The summed E-state index contributed by atoms with van der Waals surface area (Å²) in [6, 6.07) is 18.0. The molecular weight excluding hydrogens is 298 g/mol. The van der Waals surface area contributed by atoms with Crippen molar-refractivity contribution in [3.05, 3.63) is 77.9 Å². The molecule has 3 nitrogen and oxygen atoms in total. The molecule has 0 spiro atoms. The third-order valence-corrected chi connectivity index (χ3v) is 4.95. The monoisotopic (exact) mass is 317 g/mol. The first kappa shape index (κ1) is 14.9. The number of hydrogen-bond donors (Lipinski definition) is 0. The topological polar surface area (TPSA) is 37.4 Å². The molecule has 2 aliphatic rings. The number of carbonyl (C=O) groups is 2. The fourth-order valence-corrected chi connectivity index (χ4v) is 3.65. The van der Waals surface area contributed by atoms with Crippen molar-refractivity contribution in [1.82, 2.24) is 0 Å². The Morgan fingerprint density at radius 1 is 0.750 bits per heavy atom. The second kappa shape index (κ2) is 6.08. The molecule has 4 rings (SSSR count). The van der Waals surface area contributed by atoms with E-state index in [0.717, 1.165) is 6.42 Å². The van der Waals surface area contributed by atoms with E-state index in [-0.39, 0.29) is 23.7 Å². The van der Waals surface area contributed by atoms with Gasteiger partial charge in [0.2, 0.25) is 11.8 Å². The lowest BCUT2D eigenvalue weighted by atomic mass is 9.85. The number of allylic oxidation sites excluding steroid dienone is 2. The number of anilines is 1. The van der Waals surface area contributed by atoms with Crippen LogP contribution in [0, 0.1) is 11.8 Å². The number of carbonyl (C=O) groups excluding carboxylic acids is 2. The van der Waals surface area contributed by atoms with Gasteiger partial charge in [0, 0.05) is 0 Å². The van der Waals surface area contributed by atoms with Gasteiger partial charge in [-0.1, -0.05) is 54.6 Å². The maximum Gasteiger partial charge on any atom is 0.238 e. The van der Waals surface area contributed by atoms with E-state index in [1.807, 2.05) is 54.6 Å². The molecule has 0 bridgehead atoms. The molecular formula is C21H19NO2. The minimum absolute atomic E-state index is 0.0508. The predicted molar refractivity (Wildman–Crippen MR) is 93.5 cm³/mol. The standard InChI is InChI=1S/C21H19NO2/c23-20-18-8-4-5-9-19(18)21(24)22(20)17-12-10-16(11-13-17)14-15-6-2-1-3-7-15/h1-7,10-13,18-19H,8-9,14H2. The third-order valence-electron chi connectivity index (χ3n) is 4.95. The van der Waals surface area contributed by atoms with Crippen molar-refractivity contribution in [2.45, 2.75) is 19.3 Å². The summed E-state index contributed by atoms with van der Waals surface area (Å²) in [6.07, 6.45) is 6.23. The van der Waals surface area contributed by atoms with Crippen LogP contribution in [0.2, 0.25) is 0 Å². The summed E-state index contributed by atoms with van der Waals surface area (Å²) in [5.74, 6) is -0.451. The molecule has 0 radical (unpaired) electrons. The molecule has 1 aliphatic heterocycles. The Kier molecular flexibility index (Phi) is 3.77. The van der Waals surface area contributed by atoms with Crippen LogP contribution in [0.25, 0.3) is 0 Å². The molecule has 1 aliphatic carbocycles. The molecule has 0 N–H and O–H groups in total. The molecule has 2 aromatic rings. The van der Waals surface area contributed by atoms with Crippen LogP contribution in [0.4, 0.5) is 5.69 Å². The molecule has 2 amide bonds. The zero-order valence-electron chi connectivity index (χ0n) is 13.4. The summed E-state index contributed by atoms with van der Waals surface area (Å²) in [6.45, 7) is 0. The number of rotatable bonds is 3. The lowest BCUT2D eigenvalue weighted by Gasteiger charge is -2.15. The van der Waals surface area contributed by atoms with Crippen LogP contribution in [0.3, 0.4) is 0 Å². The summed E-state index contributed by atoms with van der Waals surface area (Å²) in [5.41, 5.74) is 3.11. The predicted octanol–water partition coefficient (Wildman–Crippen LogP) is 3.73. The minimum atomic E-state index is -0.175. The average molecular weight is 317 g/mol. The first-order valence-electron chi connectivity index (χ1n) is 8.40. The summed E-state index contributed by atoms with van der Waals surface area (Å²) < 4.78 is 0. The Balaban J connectivity index is 1.55. The van der Waals surface area contributed by atoms with Crippen molar-refractivity contribution >= 4 is 17.5 Å². The largest absolute Gasteiger partial charge is 0.274 e. The van der Waals surface area contributed by atoms with Gasteiger partial charge in [-0.25, -0.2) is 0 Å². The molecule has 0 saturated carbocycles. The van der Waals surface area contributed by atoms with Gasteiger partial charge in [-0.15, -0.1) is 0 Å². The second-order valence-electron chi connectivity index (χ2n) is 6.50. The Morgan fingerprint density at radius 2 is 1.29 bits per heavy atom. The molecule has 0 aromatic heterocycles. The maximum absolute atomic E-state index is 12.6. The molecule has 24 heavy (non-hydrogen) atoms. The highest BCUT2D eigenvalue weighted by atomic mass is 16.2. The highest BCUT2D eigenvalue weighted by Gasteiger charge is 2.47. The smallest absolute Gasteiger partial charge is 0.238 e. The molecule has 2 atom stereocenters. The van der Waals surface area contributed by atoms with Crippen molar-refractivity contribution in [3.8, 4) is 0 Å². The van der Waals surface area contributed by atoms with Gasteiger partial charge in [-0.3, -0.25) is 14.5 Å². The van der Waals surface area contributed by atoms with Crippen molar-refractivity contribution in [2.24, 2.45) is 11.8 Å². The fourth-order valence-electron chi connectivity index (χ4n) is 3.65. The highest BCUT2D eigenvalue weighted by molar-refractivity contribution is 6.22. The minimum Gasteiger partial charge on any atom is -0.274 e. The molecule has 1 fully saturated rings. The van der Waals surface area contributed by atoms with Crippen LogP contribution in [-0.2, 0) is 16.0 Å². The van der Waals surface area contributed by atoms with Crippen molar-refractivity contribution < 1.29 is 9.59 Å². The van der Waals surface area contributed by atoms with Crippen LogP contribution >= 0.6 is 0 Å². The summed E-state index contributed by atoms with van der Waals surface area (Å²) >= 11 is 0. The number of nitrogens with zero attached hydrogens (tertiary/aromatic N) is 1. The number of fused-ring (bicyclic) bond motifs is 1. The van der Waals surface area contributed by atoms with Crippen molar-refractivity contribution in [1.29, 1.82) is 0 Å². The fraction of sp³-hybridized carbons (Fsp3) is 0.238. The van der Waals surface area contributed by atoms with E-state index in [1.54, 1.807) is 0 Å². The van der Waals surface area contributed by atoms with E-state index in [9.17, 15) is 9.59 Å². The van der Waals surface area contributed by atoms with Crippen LogP contribution < -0.4 is 4.90 Å². The first-order valence-corrected chi connectivity index (χ1v) is 8.40. The molecule has 1 heterocycles. The molecule has 2 unspecified atom stereocenters. The van der Waals surface area contributed by atoms with E-state index in [1.165, 1.54) is 16.0 Å². The Morgan fingerprint density at radius 3 is 1.88 bits per heavy atom. The summed E-state index contributed by atoms with van der Waals surface area (Å²) in [4.78, 5) is 26.6. The van der Waals surface area contributed by atoms with Gasteiger partial charge < -0.3 is 0 Å². The summed E-state index contributed by atoms with van der Waals surface area (Å²) in [7, 11) is 0. The van der Waals surface area contributed by atoms with E-state index >= 15 is 0 Å². The van der Waals surface area contributed by atoms with Gasteiger partial charge in [-0.05, 0) is 42.5 Å². The normalized spacial score (nSPS) is 22.8. The number of benzene rings is 2. The number of hydrogen-bond acceptors (Lipinski definition) is 2. The Bertz CT molecular complexity index is 766. The van der Waals surface area contributed by atoms with Crippen molar-refractivity contribution in [2.75, 3.05) is 4.90 Å². The third kappa shape index (κ3) is 2.56. The second-order valence-corrected chi connectivity index (χ2v) is 6.50. The Hall–Kier alpha value is -2.68. The van der Waals surface area contributed by atoms with Gasteiger partial charge in [0.1, 0.15) is 0 Å².